The number of carbonyl (C=O) groups is 1. The van der Waals surface area contributed by atoms with Crippen LogP contribution in [0.25, 0.3) is 0 Å². The van der Waals surface area contributed by atoms with E-state index in [0.29, 0.717) is 30.8 Å². The molecule has 2 heterocycles. The van der Waals surface area contributed by atoms with Crippen LogP contribution in [-0.4, -0.2) is 35.5 Å². The number of benzene rings is 1. The quantitative estimate of drug-likeness (QED) is 0.922. The molecule has 122 valence electrons. The number of carbonyl (C=O) groups excluding carboxylic acids is 1. The van der Waals surface area contributed by atoms with Gasteiger partial charge in [-0.1, -0.05) is 12.1 Å². The van der Waals surface area contributed by atoms with Gasteiger partial charge in [-0.25, -0.2) is 0 Å². The van der Waals surface area contributed by atoms with E-state index in [1.807, 2.05) is 0 Å². The zero-order chi connectivity index (χ0) is 16.4. The van der Waals surface area contributed by atoms with Crippen LogP contribution in [0.1, 0.15) is 27.6 Å². The van der Waals surface area contributed by atoms with Gasteiger partial charge in [0.1, 0.15) is 6.10 Å². The average molecular weight is 324 g/mol. The minimum absolute atomic E-state index is 0.119. The molecule has 1 aliphatic heterocycles. The van der Waals surface area contributed by atoms with Gasteiger partial charge in [0.25, 0.3) is 5.91 Å². The highest BCUT2D eigenvalue weighted by Gasteiger charge is 2.31. The first-order valence-corrected chi connectivity index (χ1v) is 7.16. The summed E-state index contributed by atoms with van der Waals surface area (Å²) in [5.74, 6) is -0.119. The molecule has 4 nitrogen and oxygen atoms in total. The number of nitrogens with zero attached hydrogens (tertiary/aromatic N) is 1. The van der Waals surface area contributed by atoms with Gasteiger partial charge in [0.2, 0.25) is 0 Å². The Kier molecular flexibility index (Phi) is 4.12. The second kappa shape index (κ2) is 6.08. The SMILES string of the molecule is O=C(c1cc[nH]c1)N1CCOC(c2ccc(C(F)(F)F)cc2)C1. The van der Waals surface area contributed by atoms with Crippen molar-refractivity contribution < 1.29 is 22.7 Å². The summed E-state index contributed by atoms with van der Waals surface area (Å²) in [5.41, 5.74) is 0.486. The lowest BCUT2D eigenvalue weighted by Gasteiger charge is -2.33. The number of aromatic nitrogens is 1. The molecule has 0 saturated carbocycles. The maximum absolute atomic E-state index is 12.6. The van der Waals surface area contributed by atoms with E-state index in [1.165, 1.54) is 12.1 Å². The molecule has 0 radical (unpaired) electrons. The zero-order valence-corrected chi connectivity index (χ0v) is 12.1. The molecular formula is C16H15F3N2O2. The van der Waals surface area contributed by atoms with Crippen LogP contribution in [0.4, 0.5) is 13.2 Å². The summed E-state index contributed by atoms with van der Waals surface area (Å²) >= 11 is 0. The summed E-state index contributed by atoms with van der Waals surface area (Å²) in [5, 5.41) is 0. The van der Waals surface area contributed by atoms with Gasteiger partial charge in [0.05, 0.1) is 24.3 Å². The lowest BCUT2D eigenvalue weighted by atomic mass is 10.0. The molecule has 1 N–H and O–H groups in total. The highest BCUT2D eigenvalue weighted by Crippen LogP contribution is 2.31. The van der Waals surface area contributed by atoms with Crippen molar-refractivity contribution in [3.8, 4) is 0 Å². The first-order chi connectivity index (χ1) is 10.9. The van der Waals surface area contributed by atoms with Crippen molar-refractivity contribution in [3.05, 3.63) is 59.4 Å². The number of hydrogen-bond acceptors (Lipinski definition) is 2. The summed E-state index contributed by atoms with van der Waals surface area (Å²) in [4.78, 5) is 16.8. The van der Waals surface area contributed by atoms with Gasteiger partial charge in [-0.15, -0.1) is 0 Å². The Hall–Kier alpha value is -2.28. The van der Waals surface area contributed by atoms with Gasteiger partial charge in [-0.2, -0.15) is 13.2 Å². The molecule has 1 aromatic carbocycles. The Morgan fingerprint density at radius 1 is 1.22 bits per heavy atom. The second-order valence-corrected chi connectivity index (χ2v) is 5.33. The molecule has 0 spiro atoms. The summed E-state index contributed by atoms with van der Waals surface area (Å²) in [6, 6.07) is 6.55. The number of H-pyrrole nitrogens is 1. The van der Waals surface area contributed by atoms with Crippen LogP contribution >= 0.6 is 0 Å². The third-order valence-electron chi connectivity index (χ3n) is 3.81. The number of alkyl halides is 3. The fourth-order valence-corrected chi connectivity index (χ4v) is 2.56. The van der Waals surface area contributed by atoms with E-state index in [0.717, 1.165) is 12.1 Å². The summed E-state index contributed by atoms with van der Waals surface area (Å²) < 4.78 is 43.4. The number of ether oxygens (including phenoxy) is 1. The predicted molar refractivity (Wildman–Crippen MR) is 76.8 cm³/mol. The van der Waals surface area contributed by atoms with Crippen molar-refractivity contribution in [1.82, 2.24) is 9.88 Å². The number of hydrogen-bond donors (Lipinski definition) is 1. The number of amides is 1. The van der Waals surface area contributed by atoms with E-state index in [2.05, 4.69) is 4.98 Å². The third-order valence-corrected chi connectivity index (χ3v) is 3.81. The monoisotopic (exact) mass is 324 g/mol. The Morgan fingerprint density at radius 2 is 1.96 bits per heavy atom. The Labute approximate surface area is 130 Å². The van der Waals surface area contributed by atoms with Crippen molar-refractivity contribution in [2.45, 2.75) is 12.3 Å². The van der Waals surface area contributed by atoms with E-state index >= 15 is 0 Å². The van der Waals surface area contributed by atoms with Crippen molar-refractivity contribution in [2.75, 3.05) is 19.7 Å². The second-order valence-electron chi connectivity index (χ2n) is 5.33. The normalized spacial score (nSPS) is 18.9. The van der Waals surface area contributed by atoms with Crippen molar-refractivity contribution >= 4 is 5.91 Å². The number of halogens is 3. The fourth-order valence-electron chi connectivity index (χ4n) is 2.56. The third kappa shape index (κ3) is 3.39. The maximum atomic E-state index is 12.6. The van der Waals surface area contributed by atoms with Crippen LogP contribution < -0.4 is 0 Å². The topological polar surface area (TPSA) is 45.3 Å². The van der Waals surface area contributed by atoms with E-state index in [-0.39, 0.29) is 5.91 Å². The van der Waals surface area contributed by atoms with Gasteiger partial charge in [-0.05, 0) is 23.8 Å². The summed E-state index contributed by atoms with van der Waals surface area (Å²) in [6.07, 6.45) is -1.50. The van der Waals surface area contributed by atoms with E-state index in [1.54, 1.807) is 23.4 Å². The van der Waals surface area contributed by atoms with Crippen LogP contribution in [0.3, 0.4) is 0 Å². The van der Waals surface area contributed by atoms with E-state index < -0.39 is 17.8 Å². The van der Waals surface area contributed by atoms with Gasteiger partial charge in [-0.3, -0.25) is 4.79 Å². The molecule has 1 unspecified atom stereocenters. The average Bonchev–Trinajstić information content (AvgIpc) is 3.08. The van der Waals surface area contributed by atoms with Gasteiger partial charge < -0.3 is 14.6 Å². The van der Waals surface area contributed by atoms with E-state index in [4.69, 9.17) is 4.74 Å². The number of rotatable bonds is 2. The number of nitrogens with one attached hydrogen (secondary N) is 1. The van der Waals surface area contributed by atoms with E-state index in [9.17, 15) is 18.0 Å². The largest absolute Gasteiger partial charge is 0.416 e. The van der Waals surface area contributed by atoms with Gasteiger partial charge in [0.15, 0.2) is 0 Å². The standard InChI is InChI=1S/C16H15F3N2O2/c17-16(18,19)13-3-1-11(2-4-13)14-10-21(7-8-23-14)15(22)12-5-6-20-9-12/h1-6,9,14,20H,7-8,10H2. The molecular weight excluding hydrogens is 309 g/mol. The van der Waals surface area contributed by atoms with Crippen LogP contribution in [0.5, 0.6) is 0 Å². The minimum atomic E-state index is -4.36. The number of morpholine rings is 1. The predicted octanol–water partition coefficient (Wildman–Crippen LogP) is 3.25. The summed E-state index contributed by atoms with van der Waals surface area (Å²) in [6.45, 7) is 1.12. The Balaban J connectivity index is 1.72. The Morgan fingerprint density at radius 3 is 2.57 bits per heavy atom. The first-order valence-electron chi connectivity index (χ1n) is 7.16. The molecule has 2 aromatic rings. The first kappa shape index (κ1) is 15.6. The molecule has 0 bridgehead atoms. The summed E-state index contributed by atoms with van der Waals surface area (Å²) in [7, 11) is 0. The van der Waals surface area contributed by atoms with Gasteiger partial charge in [0, 0.05) is 18.9 Å². The van der Waals surface area contributed by atoms with Crippen LogP contribution in [0.15, 0.2) is 42.7 Å². The van der Waals surface area contributed by atoms with Gasteiger partial charge >= 0.3 is 6.18 Å². The van der Waals surface area contributed by atoms with Crippen LogP contribution in [0.2, 0.25) is 0 Å². The lowest BCUT2D eigenvalue weighted by Crippen LogP contribution is -2.42. The van der Waals surface area contributed by atoms with Crippen molar-refractivity contribution in [1.29, 1.82) is 0 Å². The lowest BCUT2D eigenvalue weighted by molar-refractivity contribution is -0.137. The molecule has 1 amide bonds. The minimum Gasteiger partial charge on any atom is -0.370 e. The van der Waals surface area contributed by atoms with Crippen LogP contribution in [-0.2, 0) is 10.9 Å². The molecule has 3 rings (SSSR count). The maximum Gasteiger partial charge on any atom is 0.416 e. The Bertz CT molecular complexity index is 666. The highest BCUT2D eigenvalue weighted by molar-refractivity contribution is 5.94. The molecule has 1 aromatic heterocycles. The molecule has 1 atom stereocenters. The van der Waals surface area contributed by atoms with Crippen molar-refractivity contribution in [3.63, 3.8) is 0 Å². The highest BCUT2D eigenvalue weighted by atomic mass is 19.4. The fraction of sp³-hybridized carbons (Fsp3) is 0.312. The molecule has 0 aliphatic carbocycles. The molecule has 1 saturated heterocycles. The molecule has 7 heteroatoms. The zero-order valence-electron chi connectivity index (χ0n) is 12.1. The molecule has 1 fully saturated rings. The number of aromatic amines is 1. The molecule has 23 heavy (non-hydrogen) atoms. The van der Waals surface area contributed by atoms with Crippen LogP contribution in [0, 0.1) is 0 Å². The van der Waals surface area contributed by atoms with Crippen molar-refractivity contribution in [2.24, 2.45) is 0 Å². The molecule has 1 aliphatic rings. The smallest absolute Gasteiger partial charge is 0.370 e.